The molecule has 18 heavy (non-hydrogen) atoms. The lowest BCUT2D eigenvalue weighted by atomic mass is 10.4. The molecule has 0 fully saturated rings. The Bertz CT molecular complexity index is 512. The van der Waals surface area contributed by atoms with E-state index in [-0.39, 0.29) is 5.69 Å². The van der Waals surface area contributed by atoms with Crippen molar-refractivity contribution < 1.29 is 18.3 Å². The summed E-state index contributed by atoms with van der Waals surface area (Å²) < 4.78 is 27.8. The van der Waals surface area contributed by atoms with Crippen LogP contribution >= 0.6 is 11.3 Å². The summed E-state index contributed by atoms with van der Waals surface area (Å²) in [6.07, 6.45) is 0.690. The molecule has 1 aromatic heterocycles. The van der Waals surface area contributed by atoms with Gasteiger partial charge in [-0.05, 0) is 13.3 Å². The van der Waals surface area contributed by atoms with Crippen molar-refractivity contribution >= 4 is 27.5 Å². The van der Waals surface area contributed by atoms with Gasteiger partial charge in [-0.3, -0.25) is 0 Å². The molecule has 9 heteroatoms. The van der Waals surface area contributed by atoms with Crippen LogP contribution in [0.15, 0.2) is 5.38 Å². The maximum atomic E-state index is 11.6. The normalized spacial score (nSPS) is 13.4. The molecule has 0 aliphatic carbocycles. The molecule has 0 saturated carbocycles. The SMILES string of the molecule is CCCNS(=O)(=O)NC(C)c1nc(C(=O)O)cs1. The molecule has 1 atom stereocenters. The number of nitrogens with one attached hydrogen (secondary N) is 2. The Morgan fingerprint density at radius 1 is 1.61 bits per heavy atom. The minimum absolute atomic E-state index is 0.0810. The molecule has 1 unspecified atom stereocenters. The number of carboxylic acid groups (broad SMARTS) is 1. The minimum Gasteiger partial charge on any atom is -0.476 e. The lowest BCUT2D eigenvalue weighted by Crippen LogP contribution is -2.38. The van der Waals surface area contributed by atoms with E-state index in [9.17, 15) is 13.2 Å². The highest BCUT2D eigenvalue weighted by Crippen LogP contribution is 2.18. The third kappa shape index (κ3) is 4.33. The summed E-state index contributed by atoms with van der Waals surface area (Å²) >= 11 is 1.10. The number of rotatable bonds is 7. The van der Waals surface area contributed by atoms with Crippen LogP contribution in [0.1, 0.15) is 41.8 Å². The maximum Gasteiger partial charge on any atom is 0.355 e. The van der Waals surface area contributed by atoms with Gasteiger partial charge in [0, 0.05) is 11.9 Å². The van der Waals surface area contributed by atoms with Crippen LogP contribution in [0.2, 0.25) is 0 Å². The average molecular weight is 293 g/mol. The smallest absolute Gasteiger partial charge is 0.355 e. The number of nitrogens with zero attached hydrogens (tertiary/aromatic N) is 1. The van der Waals surface area contributed by atoms with E-state index in [1.165, 1.54) is 5.38 Å². The molecule has 1 rings (SSSR count). The fourth-order valence-corrected chi connectivity index (χ4v) is 3.15. The summed E-state index contributed by atoms with van der Waals surface area (Å²) in [6.45, 7) is 3.81. The Morgan fingerprint density at radius 3 is 2.78 bits per heavy atom. The lowest BCUT2D eigenvalue weighted by molar-refractivity contribution is 0.0691. The highest BCUT2D eigenvalue weighted by Gasteiger charge is 2.18. The zero-order valence-corrected chi connectivity index (χ0v) is 11.6. The van der Waals surface area contributed by atoms with Gasteiger partial charge in [-0.1, -0.05) is 6.92 Å². The standard InChI is InChI=1S/C9H15N3O4S2/c1-3-4-10-18(15,16)12-6(2)8-11-7(5-17-8)9(13)14/h5-6,10,12H,3-4H2,1-2H3,(H,13,14). The van der Waals surface area contributed by atoms with E-state index in [0.717, 1.165) is 11.3 Å². The molecule has 3 N–H and O–H groups in total. The van der Waals surface area contributed by atoms with Gasteiger partial charge in [0.25, 0.3) is 10.2 Å². The fraction of sp³-hybridized carbons (Fsp3) is 0.556. The number of thiazole rings is 1. The van der Waals surface area contributed by atoms with E-state index < -0.39 is 22.2 Å². The molecule has 0 spiro atoms. The maximum absolute atomic E-state index is 11.6. The lowest BCUT2D eigenvalue weighted by Gasteiger charge is -2.12. The summed E-state index contributed by atoms with van der Waals surface area (Å²) in [5.41, 5.74) is -0.0810. The van der Waals surface area contributed by atoms with Crippen LogP contribution in [0.4, 0.5) is 0 Å². The molecule has 7 nitrogen and oxygen atoms in total. The molecule has 0 amide bonds. The first-order valence-electron chi connectivity index (χ1n) is 5.31. The summed E-state index contributed by atoms with van der Waals surface area (Å²) in [7, 11) is -3.58. The van der Waals surface area contributed by atoms with Gasteiger partial charge < -0.3 is 5.11 Å². The van der Waals surface area contributed by atoms with Gasteiger partial charge in [-0.25, -0.2) is 14.5 Å². The van der Waals surface area contributed by atoms with Crippen molar-refractivity contribution in [1.82, 2.24) is 14.4 Å². The van der Waals surface area contributed by atoms with Gasteiger partial charge in [0.05, 0.1) is 6.04 Å². The van der Waals surface area contributed by atoms with Crippen LogP contribution in [0, 0.1) is 0 Å². The predicted molar refractivity (Wildman–Crippen MR) is 67.8 cm³/mol. The van der Waals surface area contributed by atoms with Gasteiger partial charge >= 0.3 is 5.97 Å². The first-order valence-corrected chi connectivity index (χ1v) is 7.67. The fourth-order valence-electron chi connectivity index (χ4n) is 1.15. The second-order valence-electron chi connectivity index (χ2n) is 3.61. The van der Waals surface area contributed by atoms with E-state index in [4.69, 9.17) is 5.11 Å². The molecule has 0 saturated heterocycles. The zero-order valence-electron chi connectivity index (χ0n) is 10.0. The zero-order chi connectivity index (χ0) is 13.8. The minimum atomic E-state index is -3.58. The largest absolute Gasteiger partial charge is 0.476 e. The molecule has 0 aromatic carbocycles. The van der Waals surface area contributed by atoms with E-state index in [2.05, 4.69) is 14.4 Å². The van der Waals surface area contributed by atoms with Crippen LogP contribution in [0.25, 0.3) is 0 Å². The number of aromatic carboxylic acids is 1. The van der Waals surface area contributed by atoms with Crippen molar-refractivity contribution in [2.75, 3.05) is 6.54 Å². The van der Waals surface area contributed by atoms with Gasteiger partial charge in [0.1, 0.15) is 5.01 Å². The molecule has 0 radical (unpaired) electrons. The monoisotopic (exact) mass is 293 g/mol. The van der Waals surface area contributed by atoms with E-state index in [0.29, 0.717) is 18.0 Å². The second kappa shape index (κ2) is 6.23. The number of carboxylic acids is 1. The van der Waals surface area contributed by atoms with Crippen LogP contribution < -0.4 is 9.44 Å². The number of aromatic nitrogens is 1. The average Bonchev–Trinajstić information content (AvgIpc) is 2.75. The van der Waals surface area contributed by atoms with Crippen molar-refractivity contribution in [3.63, 3.8) is 0 Å². The highest BCUT2D eigenvalue weighted by atomic mass is 32.2. The number of hydrogen-bond acceptors (Lipinski definition) is 5. The van der Waals surface area contributed by atoms with Crippen molar-refractivity contribution in [3.05, 3.63) is 16.1 Å². The van der Waals surface area contributed by atoms with Gasteiger partial charge in [-0.15, -0.1) is 11.3 Å². The molecule has 0 aliphatic rings. The molecule has 0 bridgehead atoms. The topological polar surface area (TPSA) is 108 Å². The number of carbonyl (C=O) groups is 1. The van der Waals surface area contributed by atoms with Crippen LogP contribution in [0.3, 0.4) is 0 Å². The first-order chi connectivity index (χ1) is 8.35. The van der Waals surface area contributed by atoms with Crippen LogP contribution in [-0.4, -0.2) is 31.0 Å². The Labute approximate surface area is 109 Å². The molecule has 1 aromatic rings. The number of hydrogen-bond donors (Lipinski definition) is 3. The Balaban J connectivity index is 2.69. The third-order valence-electron chi connectivity index (χ3n) is 1.99. The van der Waals surface area contributed by atoms with Crippen molar-refractivity contribution in [3.8, 4) is 0 Å². The Kier molecular flexibility index (Phi) is 5.20. The van der Waals surface area contributed by atoms with Crippen molar-refractivity contribution in [1.29, 1.82) is 0 Å². The van der Waals surface area contributed by atoms with Crippen molar-refractivity contribution in [2.24, 2.45) is 0 Å². The highest BCUT2D eigenvalue weighted by molar-refractivity contribution is 7.87. The van der Waals surface area contributed by atoms with Crippen LogP contribution in [0.5, 0.6) is 0 Å². The van der Waals surface area contributed by atoms with Crippen LogP contribution in [-0.2, 0) is 10.2 Å². The quantitative estimate of drug-likeness (QED) is 0.687. The summed E-state index contributed by atoms with van der Waals surface area (Å²) in [5.74, 6) is -1.13. The molecular weight excluding hydrogens is 278 g/mol. The first kappa shape index (κ1) is 15.0. The van der Waals surface area contributed by atoms with E-state index >= 15 is 0 Å². The Morgan fingerprint density at radius 2 is 2.28 bits per heavy atom. The van der Waals surface area contributed by atoms with Gasteiger partial charge in [0.15, 0.2) is 5.69 Å². The Hall–Kier alpha value is -1.03. The second-order valence-corrected chi connectivity index (χ2v) is 6.03. The summed E-state index contributed by atoms with van der Waals surface area (Å²) in [5, 5.41) is 10.5. The predicted octanol–water partition coefficient (Wildman–Crippen LogP) is 0.736. The molecule has 0 aliphatic heterocycles. The summed E-state index contributed by atoms with van der Waals surface area (Å²) in [4.78, 5) is 14.5. The molecular formula is C9H15N3O4S2. The third-order valence-corrected chi connectivity index (χ3v) is 4.26. The van der Waals surface area contributed by atoms with E-state index in [1.54, 1.807) is 6.92 Å². The van der Waals surface area contributed by atoms with Gasteiger partial charge in [-0.2, -0.15) is 13.1 Å². The van der Waals surface area contributed by atoms with Crippen molar-refractivity contribution in [2.45, 2.75) is 26.3 Å². The molecule has 1 heterocycles. The van der Waals surface area contributed by atoms with Gasteiger partial charge in [0.2, 0.25) is 0 Å². The van der Waals surface area contributed by atoms with E-state index in [1.807, 2.05) is 6.92 Å². The molecule has 102 valence electrons. The summed E-state index contributed by atoms with van der Waals surface area (Å²) in [6, 6.07) is -0.572.